The molecule has 0 spiro atoms. The van der Waals surface area contributed by atoms with Crippen molar-refractivity contribution < 1.29 is 0 Å². The highest BCUT2D eigenvalue weighted by atomic mass is 35.5. The minimum atomic E-state index is 0.651. The van der Waals surface area contributed by atoms with Gasteiger partial charge in [0.2, 0.25) is 0 Å². The SMILES string of the molecule is CC(C)CCC(N)=Nc1cccc(Cl)c1. The Balaban J connectivity index is 2.62. The molecule has 2 nitrogen and oxygen atoms in total. The molecule has 0 amide bonds. The molecule has 0 aliphatic rings. The van der Waals surface area contributed by atoms with Crippen molar-refractivity contribution in [3.63, 3.8) is 0 Å². The molecule has 0 radical (unpaired) electrons. The first-order valence-electron chi connectivity index (χ1n) is 5.16. The molecule has 0 aromatic heterocycles. The second-order valence-electron chi connectivity index (χ2n) is 4.02. The van der Waals surface area contributed by atoms with Gasteiger partial charge in [-0.2, -0.15) is 0 Å². The van der Waals surface area contributed by atoms with E-state index < -0.39 is 0 Å². The first-order valence-corrected chi connectivity index (χ1v) is 5.54. The average Bonchev–Trinajstić information content (AvgIpc) is 2.15. The first-order chi connectivity index (χ1) is 7.08. The number of aliphatic imine (C=N–C) groups is 1. The maximum atomic E-state index is 5.85. The quantitative estimate of drug-likeness (QED) is 0.614. The summed E-state index contributed by atoms with van der Waals surface area (Å²) < 4.78 is 0. The standard InChI is InChI=1S/C12H17ClN2/c1-9(2)6-7-12(14)15-11-5-3-4-10(13)8-11/h3-5,8-9H,6-7H2,1-2H3,(H2,14,15). The summed E-state index contributed by atoms with van der Waals surface area (Å²) in [5, 5.41) is 0.688. The fourth-order valence-corrected chi connectivity index (χ4v) is 1.39. The summed E-state index contributed by atoms with van der Waals surface area (Å²) in [6, 6.07) is 7.40. The van der Waals surface area contributed by atoms with Crippen molar-refractivity contribution >= 4 is 23.1 Å². The fourth-order valence-electron chi connectivity index (χ4n) is 1.20. The molecule has 3 heteroatoms. The number of hydrogen-bond donors (Lipinski definition) is 1. The lowest BCUT2D eigenvalue weighted by Crippen LogP contribution is -2.11. The van der Waals surface area contributed by atoms with Crippen LogP contribution in [0.25, 0.3) is 0 Å². The second kappa shape index (κ2) is 5.76. The third-order valence-electron chi connectivity index (χ3n) is 2.06. The molecule has 1 rings (SSSR count). The van der Waals surface area contributed by atoms with Gasteiger partial charge in [-0.3, -0.25) is 0 Å². The van der Waals surface area contributed by atoms with Gasteiger partial charge in [-0.15, -0.1) is 0 Å². The highest BCUT2D eigenvalue weighted by Gasteiger charge is 1.98. The average molecular weight is 225 g/mol. The topological polar surface area (TPSA) is 38.4 Å². The predicted molar refractivity (Wildman–Crippen MR) is 66.8 cm³/mol. The summed E-state index contributed by atoms with van der Waals surface area (Å²) in [5.74, 6) is 1.32. The van der Waals surface area contributed by atoms with Crippen molar-refractivity contribution in [2.24, 2.45) is 16.6 Å². The summed E-state index contributed by atoms with van der Waals surface area (Å²) in [4.78, 5) is 4.30. The number of nitrogens with zero attached hydrogens (tertiary/aromatic N) is 1. The largest absolute Gasteiger partial charge is 0.387 e. The molecule has 1 aromatic carbocycles. The van der Waals surface area contributed by atoms with E-state index in [-0.39, 0.29) is 0 Å². The van der Waals surface area contributed by atoms with Crippen LogP contribution in [-0.2, 0) is 0 Å². The van der Waals surface area contributed by atoms with Crippen molar-refractivity contribution in [1.29, 1.82) is 0 Å². The maximum Gasteiger partial charge on any atom is 0.0996 e. The van der Waals surface area contributed by atoms with E-state index in [0.717, 1.165) is 18.5 Å². The normalized spacial score (nSPS) is 12.1. The van der Waals surface area contributed by atoms with Crippen LogP contribution in [0.1, 0.15) is 26.7 Å². The molecule has 82 valence electrons. The molecule has 0 unspecified atom stereocenters. The van der Waals surface area contributed by atoms with Gasteiger partial charge in [-0.1, -0.05) is 31.5 Å². The molecule has 0 saturated carbocycles. The molecular weight excluding hydrogens is 208 g/mol. The lowest BCUT2D eigenvalue weighted by molar-refractivity contribution is 0.602. The highest BCUT2D eigenvalue weighted by Crippen LogP contribution is 2.18. The van der Waals surface area contributed by atoms with Gasteiger partial charge in [-0.25, -0.2) is 4.99 Å². The van der Waals surface area contributed by atoms with Gasteiger partial charge in [0.1, 0.15) is 0 Å². The number of nitrogens with two attached hydrogens (primary N) is 1. The van der Waals surface area contributed by atoms with Crippen LogP contribution in [0.2, 0.25) is 5.02 Å². The van der Waals surface area contributed by atoms with Crippen LogP contribution in [0.5, 0.6) is 0 Å². The van der Waals surface area contributed by atoms with Crippen molar-refractivity contribution in [1.82, 2.24) is 0 Å². The van der Waals surface area contributed by atoms with E-state index in [4.69, 9.17) is 17.3 Å². The van der Waals surface area contributed by atoms with Crippen molar-refractivity contribution in [3.8, 4) is 0 Å². The fraction of sp³-hybridized carbons (Fsp3) is 0.417. The van der Waals surface area contributed by atoms with Gasteiger partial charge in [-0.05, 0) is 30.5 Å². The van der Waals surface area contributed by atoms with E-state index >= 15 is 0 Å². The Hall–Kier alpha value is -1.02. The lowest BCUT2D eigenvalue weighted by Gasteiger charge is -2.04. The third-order valence-corrected chi connectivity index (χ3v) is 2.29. The van der Waals surface area contributed by atoms with Crippen LogP contribution < -0.4 is 5.73 Å². The van der Waals surface area contributed by atoms with Gasteiger partial charge in [0.05, 0.1) is 11.5 Å². The van der Waals surface area contributed by atoms with Crippen LogP contribution in [0.15, 0.2) is 29.3 Å². The minimum absolute atomic E-state index is 0.651. The number of amidine groups is 1. The Kier molecular flexibility index (Phi) is 4.63. The van der Waals surface area contributed by atoms with Gasteiger partial charge in [0, 0.05) is 11.4 Å². The van der Waals surface area contributed by atoms with Crippen LogP contribution in [0.3, 0.4) is 0 Å². The zero-order chi connectivity index (χ0) is 11.3. The number of hydrogen-bond acceptors (Lipinski definition) is 1. The van der Waals surface area contributed by atoms with Crippen LogP contribution in [0, 0.1) is 5.92 Å². The van der Waals surface area contributed by atoms with Crippen LogP contribution >= 0.6 is 11.6 Å². The van der Waals surface area contributed by atoms with E-state index in [2.05, 4.69) is 18.8 Å². The predicted octanol–water partition coefficient (Wildman–Crippen LogP) is 3.76. The summed E-state index contributed by atoms with van der Waals surface area (Å²) in [7, 11) is 0. The Labute approximate surface area is 96.2 Å². The first kappa shape index (κ1) is 12.1. The van der Waals surface area contributed by atoms with Gasteiger partial charge < -0.3 is 5.73 Å². The second-order valence-corrected chi connectivity index (χ2v) is 4.45. The molecule has 0 fully saturated rings. The summed E-state index contributed by atoms with van der Waals surface area (Å²) in [5.41, 5.74) is 6.63. The molecule has 15 heavy (non-hydrogen) atoms. The Morgan fingerprint density at radius 1 is 1.47 bits per heavy atom. The number of rotatable bonds is 4. The van der Waals surface area contributed by atoms with Gasteiger partial charge in [0.15, 0.2) is 0 Å². The lowest BCUT2D eigenvalue weighted by atomic mass is 10.1. The Morgan fingerprint density at radius 2 is 2.20 bits per heavy atom. The smallest absolute Gasteiger partial charge is 0.0996 e. The minimum Gasteiger partial charge on any atom is -0.387 e. The van der Waals surface area contributed by atoms with Crippen molar-refractivity contribution in [2.45, 2.75) is 26.7 Å². The van der Waals surface area contributed by atoms with Crippen molar-refractivity contribution in [2.75, 3.05) is 0 Å². The van der Waals surface area contributed by atoms with E-state index in [1.807, 2.05) is 24.3 Å². The molecule has 2 N–H and O–H groups in total. The van der Waals surface area contributed by atoms with Crippen LogP contribution in [0.4, 0.5) is 5.69 Å². The molecular formula is C12H17ClN2. The zero-order valence-electron chi connectivity index (χ0n) is 9.20. The number of benzene rings is 1. The molecule has 0 atom stereocenters. The molecule has 0 aliphatic carbocycles. The molecule has 0 saturated heterocycles. The van der Waals surface area contributed by atoms with E-state index in [0.29, 0.717) is 16.8 Å². The van der Waals surface area contributed by atoms with E-state index in [9.17, 15) is 0 Å². The Bertz CT molecular complexity index is 345. The summed E-state index contributed by atoms with van der Waals surface area (Å²) in [6.45, 7) is 4.35. The Morgan fingerprint density at radius 3 is 2.80 bits per heavy atom. The zero-order valence-corrected chi connectivity index (χ0v) is 9.96. The molecule has 0 aliphatic heterocycles. The molecule has 0 heterocycles. The third kappa shape index (κ3) is 4.84. The van der Waals surface area contributed by atoms with Crippen molar-refractivity contribution in [3.05, 3.63) is 29.3 Å². The monoisotopic (exact) mass is 224 g/mol. The van der Waals surface area contributed by atoms with Crippen LogP contribution in [-0.4, -0.2) is 5.84 Å². The van der Waals surface area contributed by atoms with E-state index in [1.165, 1.54) is 0 Å². The molecule has 0 bridgehead atoms. The van der Waals surface area contributed by atoms with Gasteiger partial charge >= 0.3 is 0 Å². The molecule has 1 aromatic rings. The highest BCUT2D eigenvalue weighted by molar-refractivity contribution is 6.30. The summed E-state index contributed by atoms with van der Waals surface area (Å²) in [6.07, 6.45) is 1.90. The number of halogens is 1. The van der Waals surface area contributed by atoms with Gasteiger partial charge in [0.25, 0.3) is 0 Å². The summed E-state index contributed by atoms with van der Waals surface area (Å²) >= 11 is 5.85. The maximum absolute atomic E-state index is 5.85. The van der Waals surface area contributed by atoms with E-state index in [1.54, 1.807) is 0 Å².